The smallest absolute Gasteiger partial charge is 0.133 e. The van der Waals surface area contributed by atoms with Gasteiger partial charge in [0.25, 0.3) is 0 Å². The zero-order valence-electron chi connectivity index (χ0n) is 30.1. The van der Waals surface area contributed by atoms with Gasteiger partial charge < -0.3 is 19.3 Å². The highest BCUT2D eigenvalue weighted by molar-refractivity contribution is 7.10. The molecular weight excluding hydrogens is 582 g/mol. The molecule has 0 aromatic heterocycles. The van der Waals surface area contributed by atoms with Gasteiger partial charge in [0.1, 0.15) is 23.0 Å². The molecule has 6 heteroatoms. The summed E-state index contributed by atoms with van der Waals surface area (Å²) in [6, 6.07) is 15.8. The van der Waals surface area contributed by atoms with Crippen molar-refractivity contribution in [3.05, 3.63) is 99.8 Å². The maximum Gasteiger partial charge on any atom is 0.133 e. The number of hydrogen-bond acceptors (Lipinski definition) is 4. The Morgan fingerprint density at radius 3 is 1.27 bits per heavy atom. The second-order valence-corrected chi connectivity index (χ2v) is 10.5. The summed E-state index contributed by atoms with van der Waals surface area (Å²) in [5, 5.41) is 17.8. The van der Waals surface area contributed by atoms with Crippen LogP contribution < -0.4 is 9.05 Å². The van der Waals surface area contributed by atoms with Gasteiger partial charge in [-0.05, 0) is 113 Å². The van der Waals surface area contributed by atoms with Crippen LogP contribution in [0.2, 0.25) is 0 Å². The van der Waals surface area contributed by atoms with E-state index in [0.29, 0.717) is 11.5 Å². The molecule has 0 aliphatic carbocycles. The number of phenols is 1. The molecule has 0 fully saturated rings. The molecule has 2 atom stereocenters. The number of benzene rings is 3. The molecule has 0 saturated heterocycles. The van der Waals surface area contributed by atoms with Crippen LogP contribution in [0.1, 0.15) is 103 Å². The average molecular weight is 645 g/mol. The summed E-state index contributed by atoms with van der Waals surface area (Å²) < 4.78 is 11.0. The number of rotatable bonds is 4. The van der Waals surface area contributed by atoms with Gasteiger partial charge in [-0.25, -0.2) is 0 Å². The zero-order valence-corrected chi connectivity index (χ0v) is 32.4. The number of phenolic OH excluding ortho intramolecular Hbond substituents is 1. The maximum absolute atomic E-state index is 8.92. The van der Waals surface area contributed by atoms with Crippen molar-refractivity contribution >= 4 is 18.9 Å². The van der Waals surface area contributed by atoms with Crippen molar-refractivity contribution in [2.45, 2.75) is 110 Å². The maximum atomic E-state index is 8.92. The number of aryl methyl sites for hydroxylation is 5. The largest absolute Gasteiger partial charge is 0.508 e. The summed E-state index contributed by atoms with van der Waals surface area (Å²) in [5.41, 5.74) is 8.60. The van der Waals surface area contributed by atoms with Gasteiger partial charge in [0.15, 0.2) is 0 Å². The standard InChI is InChI=1S/C16H20O2P2.C7H8O.C7H12O.2C3H8.C2H6/c1-9-5-11(3)15(17-19)13(7-9)14-8-10(2)6-12(4)16(14)18-20;1-6-4-2-3-5-7(6)8;1-4-6(3)7(8)5-2;2*1-3-2;1-2/h5-8H,19-20H2,1-4H3;2-5,8H,1H3;4-5,8H,1-3H3;2*3H2,1-2H3;1-2H3/b;;6-4-,7-5+;;;. The molecule has 248 valence electrons. The molecule has 2 N–H and O–H groups in total. The lowest BCUT2D eigenvalue weighted by Crippen LogP contribution is -1.93. The molecule has 44 heavy (non-hydrogen) atoms. The van der Waals surface area contributed by atoms with E-state index in [1.165, 1.54) is 24.0 Å². The van der Waals surface area contributed by atoms with Crippen molar-refractivity contribution in [1.82, 2.24) is 0 Å². The van der Waals surface area contributed by atoms with E-state index < -0.39 is 0 Å². The Morgan fingerprint density at radius 2 is 1.05 bits per heavy atom. The minimum absolute atomic E-state index is 0.368. The molecule has 0 spiro atoms. The van der Waals surface area contributed by atoms with Crippen molar-refractivity contribution in [2.24, 2.45) is 0 Å². The molecule has 0 bridgehead atoms. The number of aromatic hydroxyl groups is 1. The molecule has 3 aromatic carbocycles. The van der Waals surface area contributed by atoms with Crippen molar-refractivity contribution in [3.63, 3.8) is 0 Å². The fourth-order valence-corrected chi connectivity index (χ4v) is 4.19. The van der Waals surface area contributed by atoms with Gasteiger partial charge in [-0.1, -0.05) is 90.8 Å². The van der Waals surface area contributed by atoms with Crippen LogP contribution in [0.15, 0.2) is 72.0 Å². The minimum Gasteiger partial charge on any atom is -0.508 e. The monoisotopic (exact) mass is 644 g/mol. The number of aliphatic hydroxyl groups is 1. The van der Waals surface area contributed by atoms with Crippen molar-refractivity contribution in [3.8, 4) is 28.4 Å². The van der Waals surface area contributed by atoms with Gasteiger partial charge in [-0.2, -0.15) is 0 Å². The third kappa shape index (κ3) is 18.1. The lowest BCUT2D eigenvalue weighted by molar-refractivity contribution is 0.422. The molecule has 2 unspecified atom stereocenters. The molecule has 0 amide bonds. The average Bonchev–Trinajstić information content (AvgIpc) is 2.99. The van der Waals surface area contributed by atoms with E-state index in [1.807, 2.05) is 65.8 Å². The highest BCUT2D eigenvalue weighted by Crippen LogP contribution is 2.42. The molecular formula is C38H62O4P2. The van der Waals surface area contributed by atoms with Crippen LogP contribution in [0, 0.1) is 34.6 Å². The van der Waals surface area contributed by atoms with Crippen LogP contribution in [0.3, 0.4) is 0 Å². The quantitative estimate of drug-likeness (QED) is 0.169. The van der Waals surface area contributed by atoms with Gasteiger partial charge in [0, 0.05) is 11.1 Å². The molecule has 3 aromatic rings. The third-order valence-electron chi connectivity index (χ3n) is 5.59. The van der Waals surface area contributed by atoms with E-state index in [4.69, 9.17) is 19.3 Å². The summed E-state index contributed by atoms with van der Waals surface area (Å²) in [7, 11) is 4.68. The highest BCUT2D eigenvalue weighted by Gasteiger charge is 2.16. The SMILES string of the molecule is C/C=C(C)\C(O)=C/C.CC.CCC.CCC.Cc1cc(C)c(OP)c(-c2cc(C)cc(C)c2OP)c1.Cc1ccccc1O. The minimum atomic E-state index is 0.368. The molecule has 0 radical (unpaired) electrons. The first-order valence-corrected chi connectivity index (χ1v) is 16.5. The Kier molecular flexibility index (Phi) is 28.8. The predicted octanol–water partition coefficient (Wildman–Crippen LogP) is 12.9. The van der Waals surface area contributed by atoms with Crippen LogP contribution in [0.5, 0.6) is 17.2 Å². The van der Waals surface area contributed by atoms with Gasteiger partial charge in [-0.15, -0.1) is 0 Å². The fourth-order valence-electron chi connectivity index (χ4n) is 3.56. The Bertz CT molecular complexity index is 1150. The van der Waals surface area contributed by atoms with Crippen LogP contribution >= 0.6 is 18.9 Å². The molecule has 3 rings (SSSR count). The molecule has 0 saturated carbocycles. The van der Waals surface area contributed by atoms with E-state index in [9.17, 15) is 0 Å². The van der Waals surface area contributed by atoms with E-state index >= 15 is 0 Å². The van der Waals surface area contributed by atoms with E-state index in [-0.39, 0.29) is 0 Å². The first kappa shape index (κ1) is 45.6. The molecule has 0 aliphatic rings. The van der Waals surface area contributed by atoms with Gasteiger partial charge in [0.05, 0.1) is 18.9 Å². The Morgan fingerprint density at radius 1 is 0.682 bits per heavy atom. The van der Waals surface area contributed by atoms with Gasteiger partial charge in [0.2, 0.25) is 0 Å². The summed E-state index contributed by atoms with van der Waals surface area (Å²) in [4.78, 5) is 0. The summed E-state index contributed by atoms with van der Waals surface area (Å²) in [6.45, 7) is 28.2. The molecule has 4 nitrogen and oxygen atoms in total. The summed E-state index contributed by atoms with van der Waals surface area (Å²) in [5.74, 6) is 2.47. The lowest BCUT2D eigenvalue weighted by atomic mass is 9.95. The van der Waals surface area contributed by atoms with Crippen LogP contribution in [-0.4, -0.2) is 10.2 Å². The van der Waals surface area contributed by atoms with E-state index in [2.05, 4.69) is 98.6 Å². The zero-order chi connectivity index (χ0) is 34.8. The third-order valence-corrected chi connectivity index (χ3v) is 6.06. The molecule has 0 heterocycles. The summed E-state index contributed by atoms with van der Waals surface area (Å²) >= 11 is 0. The first-order valence-electron chi connectivity index (χ1n) is 15.5. The number of aliphatic hydroxyl groups excluding tert-OH is 1. The second-order valence-electron chi connectivity index (χ2n) is 10.00. The number of allylic oxidation sites excluding steroid dienone is 3. The van der Waals surface area contributed by atoms with Crippen molar-refractivity contribution < 1.29 is 19.3 Å². The van der Waals surface area contributed by atoms with E-state index in [1.54, 1.807) is 12.1 Å². The fraction of sp³-hybridized carbons (Fsp3) is 0.421. The van der Waals surface area contributed by atoms with Gasteiger partial charge in [-0.3, -0.25) is 0 Å². The van der Waals surface area contributed by atoms with Gasteiger partial charge >= 0.3 is 0 Å². The van der Waals surface area contributed by atoms with Crippen molar-refractivity contribution in [1.29, 1.82) is 0 Å². The number of para-hydroxylation sites is 1. The number of hydrogen-bond donors (Lipinski definition) is 2. The first-order chi connectivity index (χ1) is 20.8. The van der Waals surface area contributed by atoms with Crippen molar-refractivity contribution in [2.75, 3.05) is 0 Å². The normalized spacial score (nSPS) is 10.0. The van der Waals surface area contributed by atoms with E-state index in [0.717, 1.165) is 44.9 Å². The Hall–Kier alpha value is -2.80. The van der Waals surface area contributed by atoms with Crippen LogP contribution in [0.4, 0.5) is 0 Å². The summed E-state index contributed by atoms with van der Waals surface area (Å²) in [6.07, 6.45) is 6.05. The Labute approximate surface area is 275 Å². The Balaban J connectivity index is -0.000000579. The highest BCUT2D eigenvalue weighted by atomic mass is 31.0. The predicted molar refractivity (Wildman–Crippen MR) is 203 cm³/mol. The topological polar surface area (TPSA) is 58.9 Å². The lowest BCUT2D eigenvalue weighted by Gasteiger charge is -2.17. The second kappa shape index (κ2) is 27.7. The van der Waals surface area contributed by atoms with Crippen LogP contribution in [0.25, 0.3) is 11.1 Å². The molecule has 0 aliphatic heterocycles. The van der Waals surface area contributed by atoms with Crippen LogP contribution in [-0.2, 0) is 0 Å².